The van der Waals surface area contributed by atoms with Gasteiger partial charge in [0, 0.05) is 0 Å². The topological polar surface area (TPSA) is 5.90 Å². The van der Waals surface area contributed by atoms with E-state index in [9.17, 15) is 0 Å². The highest BCUT2D eigenvalue weighted by molar-refractivity contribution is 4.70. The Morgan fingerprint density at radius 1 is 1.67 bits per heavy atom. The Hall–Kier alpha value is -0.300. The Morgan fingerprint density at radius 2 is 2.17 bits per heavy atom. The number of hydrogen-bond acceptors (Lipinski definition) is 1. The van der Waals surface area contributed by atoms with Gasteiger partial charge in [0.15, 0.2) is 0 Å². The lowest BCUT2D eigenvalue weighted by Crippen LogP contribution is -2.17. The lowest BCUT2D eigenvalue weighted by Gasteiger charge is -1.89. The Kier molecular flexibility index (Phi) is 2.77. The van der Waals surface area contributed by atoms with Crippen molar-refractivity contribution in [3.8, 4) is 0 Å². The molecule has 35 valence electrons. The smallest absolute Gasteiger partial charge is 0.140 e. The molecule has 0 aliphatic rings. The second-order valence-corrected chi connectivity index (χ2v) is 1.55. The fourth-order valence-electron chi connectivity index (χ4n) is 0.258. The predicted molar refractivity (Wildman–Crippen MR) is 29.0 cm³/mol. The highest BCUT2D eigenvalue weighted by atomic mass is 15.0. The summed E-state index contributed by atoms with van der Waals surface area (Å²) in [5, 5.41) is 0. The van der Waals surface area contributed by atoms with Crippen molar-refractivity contribution in [2.24, 2.45) is 0 Å². The monoisotopic (exact) mass is 85.1 g/mol. The molecule has 1 heteroatoms. The van der Waals surface area contributed by atoms with E-state index >= 15 is 0 Å². The van der Waals surface area contributed by atoms with Gasteiger partial charge in [-0.15, -0.1) is 0 Å². The molecule has 1 nitrogen and oxygen atoms in total. The lowest BCUT2D eigenvalue weighted by atomic mass is 10.6. The third-order valence-electron chi connectivity index (χ3n) is 0.494. The second kappa shape index (κ2) is 2.91. The van der Waals surface area contributed by atoms with Gasteiger partial charge in [-0.25, -0.2) is 0 Å². The highest BCUT2D eigenvalue weighted by Gasteiger charge is 1.87. The average Bonchev–Trinajstić information content (AvgIpc) is 1.35. The van der Waals surface area contributed by atoms with Crippen molar-refractivity contribution < 1.29 is 0 Å². The normalized spacial score (nSPS) is 9.17. The third-order valence-corrected chi connectivity index (χ3v) is 0.494. The van der Waals surface area contributed by atoms with Crippen LogP contribution in [0.1, 0.15) is 0 Å². The number of rotatable bonds is 2. The van der Waals surface area contributed by atoms with Gasteiger partial charge in [-0.05, 0) is 6.08 Å². The Labute approximate surface area is 39.3 Å². The first-order valence-corrected chi connectivity index (χ1v) is 2.03. The minimum absolute atomic E-state index is 0.972. The number of likely N-dealkylation sites (N-methyl/N-ethyl adjacent to an activating group) is 1. The summed E-state index contributed by atoms with van der Waals surface area (Å²) >= 11 is 0. The summed E-state index contributed by atoms with van der Waals surface area (Å²) in [5.74, 6) is 0. The standard InChI is InChI=1S/C5H11N/c1-4-5-6(2)3/h4H,1,5H2,2-3H3/q+1. The van der Waals surface area contributed by atoms with E-state index in [1.165, 1.54) is 0 Å². The van der Waals surface area contributed by atoms with Crippen LogP contribution in [0.15, 0.2) is 12.7 Å². The van der Waals surface area contributed by atoms with Crippen molar-refractivity contribution >= 4 is 0 Å². The third kappa shape index (κ3) is 3.70. The van der Waals surface area contributed by atoms with Gasteiger partial charge in [0.2, 0.25) is 0 Å². The van der Waals surface area contributed by atoms with E-state index in [0.29, 0.717) is 0 Å². The van der Waals surface area contributed by atoms with E-state index < -0.39 is 0 Å². The molecule has 0 aromatic rings. The van der Waals surface area contributed by atoms with Crippen molar-refractivity contribution in [2.75, 3.05) is 20.6 Å². The van der Waals surface area contributed by atoms with Crippen LogP contribution < -0.4 is 4.90 Å². The fraction of sp³-hybridized carbons (Fsp3) is 0.600. The maximum atomic E-state index is 3.56. The summed E-state index contributed by atoms with van der Waals surface area (Å²) in [7, 11) is 4.03. The zero-order valence-electron chi connectivity index (χ0n) is 4.44. The Bertz CT molecular complexity index is 39.2. The SMILES string of the molecule is C=CC[N+](C)C. The van der Waals surface area contributed by atoms with Gasteiger partial charge in [0.25, 0.3) is 0 Å². The molecule has 0 amide bonds. The van der Waals surface area contributed by atoms with Gasteiger partial charge in [0.05, 0.1) is 0 Å². The average molecular weight is 85.1 g/mol. The first-order valence-electron chi connectivity index (χ1n) is 2.03. The quantitative estimate of drug-likeness (QED) is 0.341. The minimum atomic E-state index is 0.972. The van der Waals surface area contributed by atoms with Crippen LogP contribution in [-0.2, 0) is 0 Å². The van der Waals surface area contributed by atoms with E-state index in [2.05, 4.69) is 11.5 Å². The predicted octanol–water partition coefficient (Wildman–Crippen LogP) is 0.572. The largest absolute Gasteiger partial charge is 0.172 e. The molecule has 0 heterocycles. The van der Waals surface area contributed by atoms with E-state index in [0.717, 1.165) is 6.54 Å². The van der Waals surface area contributed by atoms with Crippen molar-refractivity contribution in [1.82, 2.24) is 4.90 Å². The molecule has 0 unspecified atom stereocenters. The molecule has 6 heavy (non-hydrogen) atoms. The second-order valence-electron chi connectivity index (χ2n) is 1.55. The van der Waals surface area contributed by atoms with Crippen LogP contribution in [-0.4, -0.2) is 20.6 Å². The van der Waals surface area contributed by atoms with Crippen LogP contribution in [0.2, 0.25) is 0 Å². The lowest BCUT2D eigenvalue weighted by molar-refractivity contribution is 0.626. The Morgan fingerprint density at radius 3 is 2.17 bits per heavy atom. The van der Waals surface area contributed by atoms with E-state index in [4.69, 9.17) is 0 Å². The van der Waals surface area contributed by atoms with Crippen LogP contribution >= 0.6 is 0 Å². The van der Waals surface area contributed by atoms with Crippen LogP contribution in [0.3, 0.4) is 0 Å². The molecule has 0 rings (SSSR count). The fourth-order valence-corrected chi connectivity index (χ4v) is 0.258. The zero-order chi connectivity index (χ0) is 4.99. The first-order chi connectivity index (χ1) is 2.77. The van der Waals surface area contributed by atoms with E-state index in [1.807, 2.05) is 20.2 Å². The molecule has 0 aromatic carbocycles. The molecule has 0 aliphatic carbocycles. The molecule has 0 aliphatic heterocycles. The summed E-state index contributed by atoms with van der Waals surface area (Å²) in [6, 6.07) is 0. The zero-order valence-corrected chi connectivity index (χ0v) is 4.44. The van der Waals surface area contributed by atoms with Gasteiger partial charge < -0.3 is 0 Å². The van der Waals surface area contributed by atoms with Gasteiger partial charge in [0.1, 0.15) is 20.6 Å². The molecule has 0 saturated heterocycles. The number of hydrogen-bond donors (Lipinski definition) is 0. The van der Waals surface area contributed by atoms with Crippen LogP contribution in [0.5, 0.6) is 0 Å². The molecule has 0 atom stereocenters. The molecule has 1 radical (unpaired) electrons. The van der Waals surface area contributed by atoms with Crippen LogP contribution in [0.25, 0.3) is 0 Å². The molecular weight excluding hydrogens is 74.1 g/mol. The highest BCUT2D eigenvalue weighted by Crippen LogP contribution is 1.64. The van der Waals surface area contributed by atoms with Crippen molar-refractivity contribution in [2.45, 2.75) is 0 Å². The van der Waals surface area contributed by atoms with Gasteiger partial charge >= 0.3 is 0 Å². The molecule has 0 fully saturated rings. The molecule has 0 bridgehead atoms. The molecule has 0 aromatic heterocycles. The molecule has 0 N–H and O–H groups in total. The summed E-state index contributed by atoms with van der Waals surface area (Å²) < 4.78 is 0. The van der Waals surface area contributed by atoms with Crippen molar-refractivity contribution in [3.63, 3.8) is 0 Å². The van der Waals surface area contributed by atoms with Gasteiger partial charge in [-0.3, -0.25) is 0 Å². The van der Waals surface area contributed by atoms with Gasteiger partial charge in [-0.1, -0.05) is 6.58 Å². The van der Waals surface area contributed by atoms with Crippen molar-refractivity contribution in [1.29, 1.82) is 0 Å². The van der Waals surface area contributed by atoms with Crippen molar-refractivity contribution in [3.05, 3.63) is 12.7 Å². The van der Waals surface area contributed by atoms with E-state index in [-0.39, 0.29) is 0 Å². The summed E-state index contributed by atoms with van der Waals surface area (Å²) in [6.45, 7) is 4.53. The maximum Gasteiger partial charge on any atom is 0.140 e. The summed E-state index contributed by atoms with van der Waals surface area (Å²) in [4.78, 5) is 2.06. The maximum absolute atomic E-state index is 3.56. The minimum Gasteiger partial charge on any atom is -0.172 e. The molecule has 0 spiro atoms. The van der Waals surface area contributed by atoms with Crippen LogP contribution in [0, 0.1) is 0 Å². The molecule has 0 saturated carbocycles. The van der Waals surface area contributed by atoms with E-state index in [1.54, 1.807) is 0 Å². The first kappa shape index (κ1) is 5.70. The molecular formula is C5H11N+. The summed E-state index contributed by atoms with van der Waals surface area (Å²) in [5.41, 5.74) is 0. The van der Waals surface area contributed by atoms with Crippen LogP contribution in [0.4, 0.5) is 0 Å². The summed E-state index contributed by atoms with van der Waals surface area (Å²) in [6.07, 6.45) is 1.88. The number of nitrogens with zero attached hydrogens (tertiary/aromatic N) is 1. The Balaban J connectivity index is 2.81. The van der Waals surface area contributed by atoms with Gasteiger partial charge in [-0.2, -0.15) is 4.90 Å².